The second-order valence-electron chi connectivity index (χ2n) is 6.81. The number of hydrogen-bond acceptors (Lipinski definition) is 8. The normalized spacial score (nSPS) is 27.1. The molecule has 3 aromatic rings. The highest BCUT2D eigenvalue weighted by Gasteiger charge is 2.44. The molecule has 0 spiro atoms. The van der Waals surface area contributed by atoms with E-state index in [0.717, 1.165) is 5.56 Å². The fourth-order valence-corrected chi connectivity index (χ4v) is 3.25. The van der Waals surface area contributed by atoms with E-state index in [4.69, 9.17) is 13.9 Å². The molecule has 1 fully saturated rings. The Morgan fingerprint density at radius 2 is 1.69 bits per heavy atom. The number of aliphatic hydroxyl groups is 4. The van der Waals surface area contributed by atoms with Gasteiger partial charge in [0.2, 0.25) is 6.29 Å². The molecule has 152 valence electrons. The van der Waals surface area contributed by atoms with E-state index in [1.54, 1.807) is 6.07 Å². The minimum absolute atomic E-state index is 0.196. The van der Waals surface area contributed by atoms with Crippen molar-refractivity contribution in [1.82, 2.24) is 0 Å². The van der Waals surface area contributed by atoms with Gasteiger partial charge in [-0.05, 0) is 18.2 Å². The topological polar surface area (TPSA) is 130 Å². The summed E-state index contributed by atoms with van der Waals surface area (Å²) in [5.74, 6) is 0.632. The van der Waals surface area contributed by atoms with E-state index < -0.39 is 37.3 Å². The Morgan fingerprint density at radius 1 is 0.931 bits per heavy atom. The highest BCUT2D eigenvalue weighted by molar-refractivity contribution is 5.80. The van der Waals surface area contributed by atoms with Gasteiger partial charge in [-0.1, -0.05) is 30.3 Å². The second kappa shape index (κ2) is 7.94. The van der Waals surface area contributed by atoms with Gasteiger partial charge in [0.25, 0.3) is 0 Å². The first-order valence-corrected chi connectivity index (χ1v) is 9.08. The van der Waals surface area contributed by atoms with Crippen LogP contribution in [-0.4, -0.2) is 57.7 Å². The van der Waals surface area contributed by atoms with Crippen LogP contribution in [0, 0.1) is 0 Å². The fourth-order valence-electron chi connectivity index (χ4n) is 3.25. The first-order valence-electron chi connectivity index (χ1n) is 9.08. The van der Waals surface area contributed by atoms with Crippen molar-refractivity contribution in [2.75, 3.05) is 6.61 Å². The van der Waals surface area contributed by atoms with E-state index in [-0.39, 0.29) is 16.6 Å². The lowest BCUT2D eigenvalue weighted by atomic mass is 9.99. The molecule has 1 saturated heterocycles. The minimum atomic E-state index is -1.55. The molecular formula is C21H20O8. The lowest BCUT2D eigenvalue weighted by molar-refractivity contribution is -0.277. The second-order valence-corrected chi connectivity index (χ2v) is 6.81. The molecule has 0 aliphatic carbocycles. The smallest absolute Gasteiger partial charge is 0.229 e. The lowest BCUT2D eigenvalue weighted by Crippen LogP contribution is -2.60. The van der Waals surface area contributed by atoms with Crippen molar-refractivity contribution in [1.29, 1.82) is 0 Å². The summed E-state index contributed by atoms with van der Waals surface area (Å²) in [7, 11) is 0. The van der Waals surface area contributed by atoms with E-state index >= 15 is 0 Å². The number of ether oxygens (including phenoxy) is 2. The average molecular weight is 400 g/mol. The molecule has 0 bridgehead atoms. The van der Waals surface area contributed by atoms with Crippen LogP contribution >= 0.6 is 0 Å². The van der Waals surface area contributed by atoms with Gasteiger partial charge in [0.05, 0.1) is 12.0 Å². The zero-order valence-electron chi connectivity index (χ0n) is 15.2. The molecule has 0 saturated carbocycles. The van der Waals surface area contributed by atoms with Crippen LogP contribution in [0.5, 0.6) is 5.75 Å². The van der Waals surface area contributed by atoms with Crippen LogP contribution in [0.4, 0.5) is 0 Å². The lowest BCUT2D eigenvalue weighted by Gasteiger charge is -2.39. The maximum atomic E-state index is 12.6. The standard InChI is InChI=1S/C21H20O8/c22-10-17-18(24)19(25)20(26)21(29-17)27-12-6-7-15-13(8-12)14(23)9-16(28-15)11-4-2-1-3-5-11/h1-9,17-22,24-26H,10H2/t17-,18-,19-,20+,21-/m1/s1. The maximum absolute atomic E-state index is 12.6. The Morgan fingerprint density at radius 3 is 2.41 bits per heavy atom. The van der Waals surface area contributed by atoms with E-state index in [0.29, 0.717) is 11.3 Å². The summed E-state index contributed by atoms with van der Waals surface area (Å²) in [5.41, 5.74) is 0.856. The fraction of sp³-hybridized carbons (Fsp3) is 0.286. The monoisotopic (exact) mass is 400 g/mol. The number of aliphatic hydroxyl groups excluding tert-OH is 4. The molecule has 8 heteroatoms. The third-order valence-electron chi connectivity index (χ3n) is 4.86. The third kappa shape index (κ3) is 3.76. The summed E-state index contributed by atoms with van der Waals surface area (Å²) < 4.78 is 16.7. The van der Waals surface area contributed by atoms with E-state index in [1.165, 1.54) is 18.2 Å². The molecule has 0 unspecified atom stereocenters. The Bertz CT molecular complexity index is 1050. The molecule has 1 aliphatic rings. The van der Waals surface area contributed by atoms with Crippen molar-refractivity contribution in [3.05, 3.63) is 64.8 Å². The van der Waals surface area contributed by atoms with Crippen molar-refractivity contribution in [2.24, 2.45) is 0 Å². The Labute approximate surface area is 165 Å². The highest BCUT2D eigenvalue weighted by atomic mass is 16.7. The molecule has 4 rings (SSSR count). The van der Waals surface area contributed by atoms with Gasteiger partial charge < -0.3 is 34.3 Å². The summed E-state index contributed by atoms with van der Waals surface area (Å²) in [6, 6.07) is 15.1. The van der Waals surface area contributed by atoms with Gasteiger partial charge >= 0.3 is 0 Å². The highest BCUT2D eigenvalue weighted by Crippen LogP contribution is 2.27. The number of benzene rings is 2. The van der Waals surface area contributed by atoms with Crippen molar-refractivity contribution in [3.8, 4) is 17.1 Å². The van der Waals surface area contributed by atoms with E-state index in [1.807, 2.05) is 30.3 Å². The first kappa shape index (κ1) is 19.6. The van der Waals surface area contributed by atoms with Gasteiger partial charge in [-0.2, -0.15) is 0 Å². The maximum Gasteiger partial charge on any atom is 0.229 e. The van der Waals surface area contributed by atoms with Crippen LogP contribution in [0.25, 0.3) is 22.3 Å². The predicted molar refractivity (Wildman–Crippen MR) is 102 cm³/mol. The van der Waals surface area contributed by atoms with Crippen molar-refractivity contribution < 1.29 is 34.3 Å². The summed E-state index contributed by atoms with van der Waals surface area (Å²) in [4.78, 5) is 12.6. The van der Waals surface area contributed by atoms with Gasteiger partial charge in [0.15, 0.2) is 5.43 Å². The summed E-state index contributed by atoms with van der Waals surface area (Å²) in [6.07, 6.45) is -6.99. The van der Waals surface area contributed by atoms with Crippen LogP contribution in [0.2, 0.25) is 0 Å². The number of hydrogen-bond donors (Lipinski definition) is 4. The molecule has 2 heterocycles. The minimum Gasteiger partial charge on any atom is -0.462 e. The van der Waals surface area contributed by atoms with Crippen molar-refractivity contribution in [2.45, 2.75) is 30.7 Å². The predicted octanol–water partition coefficient (Wildman–Crippen LogP) is 0.639. The van der Waals surface area contributed by atoms with Crippen LogP contribution in [-0.2, 0) is 4.74 Å². The zero-order chi connectivity index (χ0) is 20.5. The van der Waals surface area contributed by atoms with Gasteiger partial charge in [0, 0.05) is 11.6 Å². The summed E-state index contributed by atoms with van der Waals surface area (Å²) >= 11 is 0. The molecule has 29 heavy (non-hydrogen) atoms. The van der Waals surface area contributed by atoms with Crippen molar-refractivity contribution >= 4 is 11.0 Å². The van der Waals surface area contributed by atoms with Gasteiger partial charge in [-0.15, -0.1) is 0 Å². The zero-order valence-corrected chi connectivity index (χ0v) is 15.2. The Hall–Kier alpha value is -2.75. The summed E-state index contributed by atoms with van der Waals surface area (Å²) in [5, 5.41) is 39.3. The van der Waals surface area contributed by atoms with Gasteiger partial charge in [-0.3, -0.25) is 4.79 Å². The molecule has 1 aliphatic heterocycles. The van der Waals surface area contributed by atoms with E-state index in [2.05, 4.69) is 0 Å². The number of rotatable bonds is 4. The molecule has 5 atom stereocenters. The van der Waals surface area contributed by atoms with Crippen LogP contribution in [0.15, 0.2) is 63.8 Å². The molecular weight excluding hydrogens is 380 g/mol. The van der Waals surface area contributed by atoms with Gasteiger partial charge in [0.1, 0.15) is 41.5 Å². The quantitative estimate of drug-likeness (QED) is 0.502. The Balaban J connectivity index is 1.63. The molecule has 4 N–H and O–H groups in total. The molecule has 2 aromatic carbocycles. The molecule has 1 aromatic heterocycles. The number of fused-ring (bicyclic) bond motifs is 1. The average Bonchev–Trinajstić information content (AvgIpc) is 2.75. The van der Waals surface area contributed by atoms with E-state index in [9.17, 15) is 25.2 Å². The van der Waals surface area contributed by atoms with Crippen molar-refractivity contribution in [3.63, 3.8) is 0 Å². The largest absolute Gasteiger partial charge is 0.462 e. The SMILES string of the molecule is O=c1cc(-c2ccccc2)oc2ccc(O[C@@H]3O[C@H](CO)[C@@H](O)[C@@H](O)[C@@H]3O)cc12. The molecule has 0 radical (unpaired) electrons. The summed E-state index contributed by atoms with van der Waals surface area (Å²) in [6.45, 7) is -0.561. The van der Waals surface area contributed by atoms with Crippen LogP contribution in [0.1, 0.15) is 0 Å². The van der Waals surface area contributed by atoms with Crippen LogP contribution < -0.4 is 10.2 Å². The molecule has 8 nitrogen and oxygen atoms in total. The van der Waals surface area contributed by atoms with Crippen LogP contribution in [0.3, 0.4) is 0 Å². The first-order chi connectivity index (χ1) is 14.0. The van der Waals surface area contributed by atoms with Gasteiger partial charge in [-0.25, -0.2) is 0 Å². The molecule has 0 amide bonds. The third-order valence-corrected chi connectivity index (χ3v) is 4.86. The Kier molecular flexibility index (Phi) is 5.35.